The number of hydrogen-bond donors (Lipinski definition) is 3. The zero-order chi connectivity index (χ0) is 16.2. The summed E-state index contributed by atoms with van der Waals surface area (Å²) in [6.07, 6.45) is -0.0113. The molecular formula is C13H17NO6S. The lowest BCUT2D eigenvalue weighted by molar-refractivity contribution is -0.150. The fraction of sp³-hybridized carbons (Fsp3) is 0.385. The van der Waals surface area contributed by atoms with Crippen molar-refractivity contribution in [2.75, 3.05) is 0 Å². The van der Waals surface area contributed by atoms with Crippen LogP contribution in [0, 0.1) is 12.8 Å². The molecule has 21 heavy (non-hydrogen) atoms. The number of carboxylic acid groups (broad SMARTS) is 2. The van der Waals surface area contributed by atoms with Crippen molar-refractivity contribution in [1.29, 1.82) is 0 Å². The standard InChI is InChI=1S/C13H17NO6S/c1-3-10(12(15)16)11(13(17)18)14-21(19,20)9-6-4-5-8(2)7-9/h4-7,10-11,14H,3H2,1-2H3,(H,15,16)(H,17,18). The molecule has 0 fully saturated rings. The molecule has 1 aromatic carbocycles. The predicted molar refractivity (Wildman–Crippen MR) is 74.3 cm³/mol. The fourth-order valence-corrected chi connectivity index (χ4v) is 3.21. The molecule has 2 unspecified atom stereocenters. The Morgan fingerprint density at radius 1 is 1.24 bits per heavy atom. The van der Waals surface area contributed by atoms with Crippen molar-refractivity contribution >= 4 is 22.0 Å². The summed E-state index contributed by atoms with van der Waals surface area (Å²) < 4.78 is 26.3. The molecule has 116 valence electrons. The number of aryl methyl sites for hydroxylation is 1. The lowest BCUT2D eigenvalue weighted by atomic mass is 9.98. The highest BCUT2D eigenvalue weighted by molar-refractivity contribution is 7.89. The van der Waals surface area contributed by atoms with Crippen molar-refractivity contribution in [3.05, 3.63) is 29.8 Å². The SMILES string of the molecule is CCC(C(=O)O)C(NS(=O)(=O)c1cccc(C)c1)C(=O)O. The van der Waals surface area contributed by atoms with Crippen molar-refractivity contribution in [2.24, 2.45) is 5.92 Å². The summed E-state index contributed by atoms with van der Waals surface area (Å²) in [6.45, 7) is 3.18. The Kier molecular flexibility index (Phi) is 5.45. The molecule has 1 aromatic rings. The summed E-state index contributed by atoms with van der Waals surface area (Å²) in [7, 11) is -4.11. The average molecular weight is 315 g/mol. The molecule has 0 aliphatic carbocycles. The summed E-state index contributed by atoms with van der Waals surface area (Å²) in [5, 5.41) is 18.1. The highest BCUT2D eigenvalue weighted by Crippen LogP contribution is 2.16. The van der Waals surface area contributed by atoms with Gasteiger partial charge in [-0.25, -0.2) is 8.42 Å². The number of nitrogens with one attached hydrogen (secondary N) is 1. The summed E-state index contributed by atoms with van der Waals surface area (Å²) >= 11 is 0. The van der Waals surface area contributed by atoms with E-state index >= 15 is 0 Å². The number of aliphatic carboxylic acids is 2. The lowest BCUT2D eigenvalue weighted by Gasteiger charge is -2.20. The van der Waals surface area contributed by atoms with Crippen LogP contribution in [0.25, 0.3) is 0 Å². The molecule has 0 aliphatic heterocycles. The van der Waals surface area contributed by atoms with Gasteiger partial charge < -0.3 is 10.2 Å². The van der Waals surface area contributed by atoms with E-state index < -0.39 is 33.9 Å². The molecule has 1 rings (SSSR count). The highest BCUT2D eigenvalue weighted by Gasteiger charge is 2.36. The Balaban J connectivity index is 3.14. The quantitative estimate of drug-likeness (QED) is 0.685. The molecule has 0 spiro atoms. The van der Waals surface area contributed by atoms with E-state index in [9.17, 15) is 18.0 Å². The number of hydrogen-bond acceptors (Lipinski definition) is 4. The first kappa shape index (κ1) is 17.1. The van der Waals surface area contributed by atoms with E-state index in [0.29, 0.717) is 5.56 Å². The minimum Gasteiger partial charge on any atom is -0.481 e. The van der Waals surface area contributed by atoms with Crippen LogP contribution in [0.5, 0.6) is 0 Å². The molecule has 0 saturated carbocycles. The van der Waals surface area contributed by atoms with E-state index in [1.54, 1.807) is 13.0 Å². The second-order valence-corrected chi connectivity index (χ2v) is 6.32. The number of rotatable bonds is 7. The molecule has 0 radical (unpaired) electrons. The maximum Gasteiger partial charge on any atom is 0.322 e. The molecule has 7 nitrogen and oxygen atoms in total. The summed E-state index contributed by atoms with van der Waals surface area (Å²) in [5.74, 6) is -4.24. The average Bonchev–Trinajstić information content (AvgIpc) is 2.37. The molecule has 2 atom stereocenters. The third-order valence-corrected chi connectivity index (χ3v) is 4.45. The topological polar surface area (TPSA) is 121 Å². The Morgan fingerprint density at radius 3 is 2.29 bits per heavy atom. The van der Waals surface area contributed by atoms with Crippen LogP contribution in [0.1, 0.15) is 18.9 Å². The van der Waals surface area contributed by atoms with Gasteiger partial charge in [-0.2, -0.15) is 4.72 Å². The van der Waals surface area contributed by atoms with Crippen LogP contribution >= 0.6 is 0 Å². The van der Waals surface area contributed by atoms with Gasteiger partial charge in [0.05, 0.1) is 10.8 Å². The number of carbonyl (C=O) groups is 2. The summed E-state index contributed by atoms with van der Waals surface area (Å²) in [4.78, 5) is 22.1. The number of carboxylic acids is 2. The molecule has 0 bridgehead atoms. The van der Waals surface area contributed by atoms with Crippen molar-refractivity contribution in [3.63, 3.8) is 0 Å². The van der Waals surface area contributed by atoms with E-state index in [0.717, 1.165) is 0 Å². The van der Waals surface area contributed by atoms with Gasteiger partial charge in [-0.05, 0) is 31.0 Å². The van der Waals surface area contributed by atoms with Crippen LogP contribution < -0.4 is 4.72 Å². The van der Waals surface area contributed by atoms with Crippen LogP contribution in [0.2, 0.25) is 0 Å². The zero-order valence-corrected chi connectivity index (χ0v) is 12.4. The first-order chi connectivity index (χ1) is 9.69. The fourth-order valence-electron chi connectivity index (χ4n) is 1.88. The Bertz CT molecular complexity index is 640. The molecule has 3 N–H and O–H groups in total. The largest absolute Gasteiger partial charge is 0.481 e. The van der Waals surface area contributed by atoms with Gasteiger partial charge in [0.2, 0.25) is 10.0 Å². The minimum absolute atomic E-state index is 0.0113. The Morgan fingerprint density at radius 2 is 1.86 bits per heavy atom. The van der Waals surface area contributed by atoms with Crippen LogP contribution in [-0.2, 0) is 19.6 Å². The van der Waals surface area contributed by atoms with Gasteiger partial charge in [0.1, 0.15) is 6.04 Å². The second-order valence-electron chi connectivity index (χ2n) is 4.61. The van der Waals surface area contributed by atoms with E-state index in [1.807, 2.05) is 4.72 Å². The van der Waals surface area contributed by atoms with Gasteiger partial charge in [0.25, 0.3) is 0 Å². The number of benzene rings is 1. The normalized spacial score (nSPS) is 14.4. The van der Waals surface area contributed by atoms with Crippen LogP contribution in [-0.4, -0.2) is 36.6 Å². The van der Waals surface area contributed by atoms with Gasteiger partial charge in [0, 0.05) is 0 Å². The van der Waals surface area contributed by atoms with Gasteiger partial charge in [-0.3, -0.25) is 9.59 Å². The van der Waals surface area contributed by atoms with E-state index in [-0.39, 0.29) is 11.3 Å². The van der Waals surface area contributed by atoms with Crippen LogP contribution in [0.15, 0.2) is 29.2 Å². The summed E-state index contributed by atoms with van der Waals surface area (Å²) in [6, 6.07) is 4.19. The van der Waals surface area contributed by atoms with Gasteiger partial charge in [-0.1, -0.05) is 19.1 Å². The van der Waals surface area contributed by atoms with Crippen molar-refractivity contribution in [2.45, 2.75) is 31.2 Å². The molecule has 0 aromatic heterocycles. The van der Waals surface area contributed by atoms with E-state index in [4.69, 9.17) is 10.2 Å². The van der Waals surface area contributed by atoms with Crippen LogP contribution in [0.3, 0.4) is 0 Å². The monoisotopic (exact) mass is 315 g/mol. The number of sulfonamides is 1. The predicted octanol–water partition coefficient (Wildman–Crippen LogP) is 0.837. The summed E-state index contributed by atoms with van der Waals surface area (Å²) in [5.41, 5.74) is 0.690. The molecular weight excluding hydrogens is 298 g/mol. The minimum atomic E-state index is -4.11. The highest BCUT2D eigenvalue weighted by atomic mass is 32.2. The van der Waals surface area contributed by atoms with Crippen molar-refractivity contribution in [3.8, 4) is 0 Å². The molecule has 8 heteroatoms. The van der Waals surface area contributed by atoms with Gasteiger partial charge in [0.15, 0.2) is 0 Å². The van der Waals surface area contributed by atoms with E-state index in [1.165, 1.54) is 25.1 Å². The third kappa shape index (κ3) is 4.27. The van der Waals surface area contributed by atoms with Crippen LogP contribution in [0.4, 0.5) is 0 Å². The second kappa shape index (κ2) is 6.68. The van der Waals surface area contributed by atoms with Crippen molar-refractivity contribution in [1.82, 2.24) is 4.72 Å². The molecule has 0 amide bonds. The molecule has 0 aliphatic rings. The van der Waals surface area contributed by atoms with E-state index in [2.05, 4.69) is 0 Å². The maximum absolute atomic E-state index is 12.2. The zero-order valence-electron chi connectivity index (χ0n) is 11.6. The Labute approximate surface area is 122 Å². The Hall–Kier alpha value is -1.93. The van der Waals surface area contributed by atoms with Crippen molar-refractivity contribution < 1.29 is 28.2 Å². The smallest absolute Gasteiger partial charge is 0.322 e. The molecule has 0 saturated heterocycles. The lowest BCUT2D eigenvalue weighted by Crippen LogP contribution is -2.48. The molecule has 0 heterocycles. The third-order valence-electron chi connectivity index (χ3n) is 3.01. The van der Waals surface area contributed by atoms with Gasteiger partial charge in [-0.15, -0.1) is 0 Å². The maximum atomic E-state index is 12.2. The van der Waals surface area contributed by atoms with Gasteiger partial charge >= 0.3 is 11.9 Å². The first-order valence-electron chi connectivity index (χ1n) is 6.23. The first-order valence-corrected chi connectivity index (χ1v) is 7.72.